The van der Waals surface area contributed by atoms with Gasteiger partial charge in [0.1, 0.15) is 11.5 Å². The Kier molecular flexibility index (Phi) is 7.21. The number of hydrogen-bond acceptors (Lipinski definition) is 4. The van der Waals surface area contributed by atoms with E-state index < -0.39 is 0 Å². The van der Waals surface area contributed by atoms with E-state index in [0.29, 0.717) is 18.7 Å². The van der Waals surface area contributed by atoms with Gasteiger partial charge >= 0.3 is 0 Å². The second-order valence-corrected chi connectivity index (χ2v) is 7.50. The molecular weight excluding hydrogens is 340 g/mol. The first-order chi connectivity index (χ1) is 13.2. The van der Waals surface area contributed by atoms with Crippen LogP contribution in [-0.2, 0) is 0 Å². The van der Waals surface area contributed by atoms with Gasteiger partial charge in [-0.15, -0.1) is 0 Å². The van der Waals surface area contributed by atoms with Crippen molar-refractivity contribution in [3.05, 3.63) is 24.3 Å². The van der Waals surface area contributed by atoms with Crippen LogP contribution < -0.4 is 20.1 Å². The van der Waals surface area contributed by atoms with Gasteiger partial charge in [0.25, 0.3) is 0 Å². The van der Waals surface area contributed by atoms with Crippen molar-refractivity contribution in [3.8, 4) is 11.5 Å². The SMILES string of the molecule is CCNC(=NCCCOc1cccc(OC)c1)NC1CC(C)N(C2CC2)C1. The number of ether oxygens (including phenoxy) is 2. The Labute approximate surface area is 163 Å². The van der Waals surface area contributed by atoms with Crippen LogP contribution in [-0.4, -0.2) is 62.3 Å². The van der Waals surface area contributed by atoms with Gasteiger partial charge in [-0.3, -0.25) is 9.89 Å². The van der Waals surface area contributed by atoms with E-state index in [1.807, 2.05) is 24.3 Å². The molecule has 1 saturated heterocycles. The van der Waals surface area contributed by atoms with E-state index in [0.717, 1.165) is 49.6 Å². The fourth-order valence-corrected chi connectivity index (χ4v) is 3.73. The molecule has 150 valence electrons. The van der Waals surface area contributed by atoms with Crippen molar-refractivity contribution in [2.75, 3.05) is 33.4 Å². The van der Waals surface area contributed by atoms with Gasteiger partial charge in [-0.05, 0) is 45.2 Å². The summed E-state index contributed by atoms with van der Waals surface area (Å²) in [5.41, 5.74) is 0. The predicted octanol–water partition coefficient (Wildman–Crippen LogP) is 2.64. The van der Waals surface area contributed by atoms with Crippen LogP contribution >= 0.6 is 0 Å². The number of guanidine groups is 1. The monoisotopic (exact) mass is 374 g/mol. The Morgan fingerprint density at radius 3 is 2.85 bits per heavy atom. The third kappa shape index (κ3) is 6.03. The topological polar surface area (TPSA) is 58.1 Å². The van der Waals surface area contributed by atoms with Gasteiger partial charge in [-0.25, -0.2) is 0 Å². The Bertz CT molecular complexity index is 618. The average Bonchev–Trinajstić information content (AvgIpc) is 3.45. The van der Waals surface area contributed by atoms with E-state index in [2.05, 4.69) is 29.4 Å². The van der Waals surface area contributed by atoms with Crippen molar-refractivity contribution in [3.63, 3.8) is 0 Å². The zero-order valence-electron chi connectivity index (χ0n) is 16.9. The van der Waals surface area contributed by atoms with Gasteiger partial charge in [0.2, 0.25) is 0 Å². The summed E-state index contributed by atoms with van der Waals surface area (Å²) in [5, 5.41) is 6.99. The van der Waals surface area contributed by atoms with Crippen LogP contribution in [0.4, 0.5) is 0 Å². The van der Waals surface area contributed by atoms with E-state index in [4.69, 9.17) is 14.5 Å². The first-order valence-corrected chi connectivity index (χ1v) is 10.3. The lowest BCUT2D eigenvalue weighted by atomic mass is 10.2. The molecular formula is C21H34N4O2. The van der Waals surface area contributed by atoms with Crippen molar-refractivity contribution in [2.24, 2.45) is 4.99 Å². The van der Waals surface area contributed by atoms with E-state index in [-0.39, 0.29) is 0 Å². The average molecular weight is 375 g/mol. The van der Waals surface area contributed by atoms with Gasteiger partial charge in [0.05, 0.1) is 13.7 Å². The molecule has 0 amide bonds. The minimum atomic E-state index is 0.492. The van der Waals surface area contributed by atoms with Crippen molar-refractivity contribution >= 4 is 5.96 Å². The van der Waals surface area contributed by atoms with Crippen LogP contribution in [0.1, 0.15) is 39.5 Å². The summed E-state index contributed by atoms with van der Waals surface area (Å²) < 4.78 is 11.0. The molecule has 2 unspecified atom stereocenters. The number of methoxy groups -OCH3 is 1. The van der Waals surface area contributed by atoms with Crippen LogP contribution in [0.25, 0.3) is 0 Å². The predicted molar refractivity (Wildman–Crippen MR) is 110 cm³/mol. The summed E-state index contributed by atoms with van der Waals surface area (Å²) in [4.78, 5) is 7.38. The number of rotatable bonds is 9. The minimum Gasteiger partial charge on any atom is -0.497 e. The molecule has 1 aromatic rings. The maximum Gasteiger partial charge on any atom is 0.191 e. The molecule has 27 heavy (non-hydrogen) atoms. The highest BCUT2D eigenvalue weighted by Gasteiger charge is 2.38. The van der Waals surface area contributed by atoms with Crippen LogP contribution in [0, 0.1) is 0 Å². The van der Waals surface area contributed by atoms with Gasteiger partial charge < -0.3 is 20.1 Å². The number of benzene rings is 1. The van der Waals surface area contributed by atoms with Crippen molar-refractivity contribution in [1.29, 1.82) is 0 Å². The molecule has 0 bridgehead atoms. The fraction of sp³-hybridized carbons (Fsp3) is 0.667. The maximum atomic E-state index is 5.79. The second-order valence-electron chi connectivity index (χ2n) is 7.50. The highest BCUT2D eigenvalue weighted by atomic mass is 16.5. The highest BCUT2D eigenvalue weighted by Crippen LogP contribution is 2.33. The number of nitrogens with zero attached hydrogens (tertiary/aromatic N) is 2. The Morgan fingerprint density at radius 2 is 2.11 bits per heavy atom. The van der Waals surface area contributed by atoms with Crippen molar-refractivity contribution in [2.45, 2.75) is 57.7 Å². The molecule has 0 spiro atoms. The van der Waals surface area contributed by atoms with Crippen LogP contribution in [0.5, 0.6) is 11.5 Å². The van der Waals surface area contributed by atoms with E-state index in [9.17, 15) is 0 Å². The molecule has 2 atom stereocenters. The minimum absolute atomic E-state index is 0.492. The number of aliphatic imine (C=N–C) groups is 1. The lowest BCUT2D eigenvalue weighted by molar-refractivity contribution is 0.256. The molecule has 2 N–H and O–H groups in total. The van der Waals surface area contributed by atoms with Gasteiger partial charge in [-0.2, -0.15) is 0 Å². The zero-order chi connectivity index (χ0) is 19.1. The van der Waals surface area contributed by atoms with E-state index in [1.165, 1.54) is 19.3 Å². The largest absolute Gasteiger partial charge is 0.497 e. The van der Waals surface area contributed by atoms with Crippen molar-refractivity contribution < 1.29 is 9.47 Å². The molecule has 6 nitrogen and oxygen atoms in total. The highest BCUT2D eigenvalue weighted by molar-refractivity contribution is 5.80. The molecule has 2 aliphatic rings. The standard InChI is InChI=1S/C21H34N4O2/c1-4-22-21(24-17-13-16(2)25(15-17)18-9-10-18)23-11-6-12-27-20-8-5-7-19(14-20)26-3/h5,7-8,14,16-18H,4,6,9-13,15H2,1-3H3,(H2,22,23,24). The zero-order valence-corrected chi connectivity index (χ0v) is 16.9. The third-order valence-electron chi connectivity index (χ3n) is 5.21. The fourth-order valence-electron chi connectivity index (χ4n) is 3.73. The van der Waals surface area contributed by atoms with Crippen LogP contribution in [0.2, 0.25) is 0 Å². The molecule has 2 fully saturated rings. The summed E-state index contributed by atoms with van der Waals surface area (Å²) in [5.74, 6) is 2.58. The maximum absolute atomic E-state index is 5.79. The molecule has 3 rings (SSSR count). The molecule has 6 heteroatoms. The lowest BCUT2D eigenvalue weighted by Crippen LogP contribution is -2.44. The summed E-state index contributed by atoms with van der Waals surface area (Å²) in [6.07, 6.45) is 4.82. The Balaban J connectivity index is 1.40. The number of likely N-dealkylation sites (tertiary alicyclic amines) is 1. The molecule has 0 aromatic heterocycles. The Hall–Kier alpha value is -1.95. The molecule has 1 saturated carbocycles. The first kappa shape index (κ1) is 19.8. The smallest absolute Gasteiger partial charge is 0.191 e. The van der Waals surface area contributed by atoms with Gasteiger partial charge in [0, 0.05) is 50.2 Å². The summed E-state index contributed by atoms with van der Waals surface area (Å²) in [7, 11) is 1.66. The van der Waals surface area contributed by atoms with Gasteiger partial charge in [-0.1, -0.05) is 6.07 Å². The van der Waals surface area contributed by atoms with Gasteiger partial charge in [0.15, 0.2) is 5.96 Å². The Morgan fingerprint density at radius 1 is 1.30 bits per heavy atom. The molecule has 1 aromatic carbocycles. The lowest BCUT2D eigenvalue weighted by Gasteiger charge is -2.20. The summed E-state index contributed by atoms with van der Waals surface area (Å²) in [6, 6.07) is 9.71. The third-order valence-corrected chi connectivity index (χ3v) is 5.21. The quantitative estimate of drug-likeness (QED) is 0.395. The molecule has 1 aliphatic heterocycles. The summed E-state index contributed by atoms with van der Waals surface area (Å²) >= 11 is 0. The van der Waals surface area contributed by atoms with E-state index >= 15 is 0 Å². The molecule has 1 heterocycles. The van der Waals surface area contributed by atoms with Crippen LogP contribution in [0.3, 0.4) is 0 Å². The van der Waals surface area contributed by atoms with Crippen LogP contribution in [0.15, 0.2) is 29.3 Å². The normalized spacial score (nSPS) is 23.3. The molecule has 0 radical (unpaired) electrons. The second kappa shape index (κ2) is 9.83. The number of nitrogens with one attached hydrogen (secondary N) is 2. The van der Waals surface area contributed by atoms with Crippen molar-refractivity contribution in [1.82, 2.24) is 15.5 Å². The summed E-state index contributed by atoms with van der Waals surface area (Å²) in [6.45, 7) is 7.85. The molecule has 1 aliphatic carbocycles. The first-order valence-electron chi connectivity index (χ1n) is 10.3. The van der Waals surface area contributed by atoms with E-state index in [1.54, 1.807) is 7.11 Å². The number of hydrogen-bond donors (Lipinski definition) is 2.